The van der Waals surface area contributed by atoms with Crippen LogP contribution in [-0.2, 0) is 9.84 Å². The van der Waals surface area contributed by atoms with Crippen LogP contribution < -0.4 is 0 Å². The van der Waals surface area contributed by atoms with Gasteiger partial charge in [-0.1, -0.05) is 6.58 Å². The van der Waals surface area contributed by atoms with Crippen LogP contribution in [0.15, 0.2) is 41.1 Å². The normalized spacial score (nSPS) is 10.4. The second kappa shape index (κ2) is 3.37. The molecule has 0 saturated heterocycles. The maximum Gasteiger partial charge on any atom is 0.385 e. The zero-order chi connectivity index (χ0) is 9.90. The Morgan fingerprint density at radius 2 is 1.85 bits per heavy atom. The van der Waals surface area contributed by atoms with Gasteiger partial charge in [0.25, 0.3) is 0 Å². The molecule has 5 heteroatoms. The van der Waals surface area contributed by atoms with Crippen molar-refractivity contribution >= 4 is 15.5 Å². The molecular formula is C8H7N2O2S+. The summed E-state index contributed by atoms with van der Waals surface area (Å²) in [5, 5.41) is 9.22. The van der Waals surface area contributed by atoms with Gasteiger partial charge in [0.1, 0.15) is 0 Å². The van der Waals surface area contributed by atoms with Crippen LogP contribution in [0.25, 0.3) is 4.98 Å². The van der Waals surface area contributed by atoms with Crippen molar-refractivity contribution in [2.75, 3.05) is 0 Å². The average Bonchev–Trinajstić information content (AvgIpc) is 2.18. The molecule has 0 heterocycles. The lowest BCUT2D eigenvalue weighted by atomic mass is 10.3. The molecule has 1 rings (SSSR count). The van der Waals surface area contributed by atoms with Gasteiger partial charge in [0.05, 0.1) is 4.90 Å². The Bertz CT molecular complexity index is 454. The van der Waals surface area contributed by atoms with E-state index in [0.717, 1.165) is 5.41 Å². The molecule has 1 aromatic carbocycles. The number of rotatable bonds is 2. The van der Waals surface area contributed by atoms with Gasteiger partial charge < -0.3 is 0 Å². The van der Waals surface area contributed by atoms with Crippen LogP contribution in [0.2, 0.25) is 0 Å². The van der Waals surface area contributed by atoms with Gasteiger partial charge in [0.15, 0.2) is 14.8 Å². The molecule has 4 nitrogen and oxygen atoms in total. The summed E-state index contributed by atoms with van der Waals surface area (Å²) in [6, 6.07) is 5.50. The van der Waals surface area contributed by atoms with E-state index in [9.17, 15) is 8.42 Å². The van der Waals surface area contributed by atoms with Crippen molar-refractivity contribution in [1.82, 2.24) is 0 Å². The number of sulfone groups is 1. The van der Waals surface area contributed by atoms with Crippen molar-refractivity contribution in [2.24, 2.45) is 0 Å². The number of benzene rings is 1. The Morgan fingerprint density at radius 3 is 2.23 bits per heavy atom. The van der Waals surface area contributed by atoms with Crippen LogP contribution in [0.1, 0.15) is 0 Å². The summed E-state index contributed by atoms with van der Waals surface area (Å²) in [5.41, 5.74) is 0.308. The maximum absolute atomic E-state index is 11.2. The van der Waals surface area contributed by atoms with Gasteiger partial charge >= 0.3 is 5.69 Å². The van der Waals surface area contributed by atoms with Crippen molar-refractivity contribution in [1.29, 1.82) is 5.39 Å². The zero-order valence-corrected chi connectivity index (χ0v) is 7.53. The van der Waals surface area contributed by atoms with E-state index in [1.54, 1.807) is 0 Å². The Labute approximate surface area is 76.1 Å². The monoisotopic (exact) mass is 195 g/mol. The molecule has 0 saturated carbocycles. The summed E-state index contributed by atoms with van der Waals surface area (Å²) in [5.74, 6) is 0. The van der Waals surface area contributed by atoms with Crippen LogP contribution in [0.4, 0.5) is 5.69 Å². The van der Waals surface area contributed by atoms with Gasteiger partial charge in [-0.3, -0.25) is 0 Å². The Hall–Kier alpha value is -1.67. The Morgan fingerprint density at radius 1 is 1.31 bits per heavy atom. The van der Waals surface area contributed by atoms with E-state index in [1.807, 2.05) is 0 Å². The summed E-state index contributed by atoms with van der Waals surface area (Å²) in [6.45, 7) is 3.19. The molecular weight excluding hydrogens is 188 g/mol. The number of diazo groups is 1. The highest BCUT2D eigenvalue weighted by Crippen LogP contribution is 2.17. The molecule has 0 radical (unpaired) electrons. The van der Waals surface area contributed by atoms with Gasteiger partial charge in [0.2, 0.25) is 5.39 Å². The molecule has 0 amide bonds. The van der Waals surface area contributed by atoms with E-state index >= 15 is 0 Å². The Balaban J connectivity index is 3.23. The Kier molecular flexibility index (Phi) is 2.44. The maximum atomic E-state index is 11.2. The average molecular weight is 195 g/mol. The summed E-state index contributed by atoms with van der Waals surface area (Å²) >= 11 is 0. The van der Waals surface area contributed by atoms with E-state index in [-0.39, 0.29) is 4.90 Å². The van der Waals surface area contributed by atoms with Crippen LogP contribution in [-0.4, -0.2) is 8.42 Å². The predicted molar refractivity (Wildman–Crippen MR) is 48.6 cm³/mol. The smallest absolute Gasteiger partial charge is 0.219 e. The van der Waals surface area contributed by atoms with Crippen molar-refractivity contribution in [2.45, 2.75) is 4.90 Å². The third kappa shape index (κ3) is 1.92. The topological polar surface area (TPSA) is 62.3 Å². The first kappa shape index (κ1) is 9.42. The molecule has 0 aliphatic heterocycles. The fraction of sp³-hybridized carbons (Fsp3) is 0. The minimum absolute atomic E-state index is 0.134. The van der Waals surface area contributed by atoms with E-state index < -0.39 is 9.84 Å². The summed E-state index contributed by atoms with van der Waals surface area (Å²) in [7, 11) is -3.38. The molecule has 0 aliphatic rings. The molecule has 0 atom stereocenters. The minimum Gasteiger partial charge on any atom is -0.219 e. The van der Waals surface area contributed by atoms with E-state index in [4.69, 9.17) is 5.39 Å². The molecule has 66 valence electrons. The molecule has 0 aliphatic carbocycles. The van der Waals surface area contributed by atoms with Crippen molar-refractivity contribution in [3.63, 3.8) is 0 Å². The quantitative estimate of drug-likeness (QED) is 0.679. The summed E-state index contributed by atoms with van der Waals surface area (Å²) in [6.07, 6.45) is 0. The molecule has 0 N–H and O–H groups in total. The van der Waals surface area contributed by atoms with Gasteiger partial charge in [-0.05, 0) is 12.1 Å². The van der Waals surface area contributed by atoms with E-state index in [2.05, 4.69) is 11.6 Å². The first-order chi connectivity index (χ1) is 6.10. The van der Waals surface area contributed by atoms with E-state index in [0.29, 0.717) is 5.69 Å². The van der Waals surface area contributed by atoms with Crippen molar-refractivity contribution < 1.29 is 8.42 Å². The molecule has 0 fully saturated rings. The summed E-state index contributed by atoms with van der Waals surface area (Å²) < 4.78 is 22.4. The fourth-order valence-electron chi connectivity index (χ4n) is 0.799. The van der Waals surface area contributed by atoms with Crippen LogP contribution in [0.3, 0.4) is 0 Å². The second-order valence-electron chi connectivity index (χ2n) is 2.31. The SMILES string of the molecule is C=CS(=O)(=O)c1ccc([N+]#N)cc1. The number of nitrogens with zero attached hydrogens (tertiary/aromatic N) is 2. The van der Waals surface area contributed by atoms with Crippen LogP contribution in [0.5, 0.6) is 0 Å². The standard InChI is InChI=1S/C8H7N2O2S/c1-2-13(11,12)8-5-3-7(10-9)4-6-8/h2-6H,1H2/q+1. The highest BCUT2D eigenvalue weighted by molar-refractivity contribution is 7.94. The highest BCUT2D eigenvalue weighted by atomic mass is 32.2. The first-order valence-corrected chi connectivity index (χ1v) is 4.97. The summed E-state index contributed by atoms with van der Waals surface area (Å²) in [4.78, 5) is 3.03. The fourth-order valence-corrected chi connectivity index (χ4v) is 1.51. The first-order valence-electron chi connectivity index (χ1n) is 3.43. The van der Waals surface area contributed by atoms with Crippen molar-refractivity contribution in [3.8, 4) is 0 Å². The second-order valence-corrected chi connectivity index (χ2v) is 4.20. The van der Waals surface area contributed by atoms with E-state index in [1.165, 1.54) is 24.3 Å². The number of hydrogen-bond acceptors (Lipinski definition) is 3. The predicted octanol–water partition coefficient (Wildman–Crippen LogP) is 2.09. The largest absolute Gasteiger partial charge is 0.385 e. The van der Waals surface area contributed by atoms with Gasteiger partial charge in [-0.25, -0.2) is 8.42 Å². The lowest BCUT2D eigenvalue weighted by Crippen LogP contribution is -1.93. The highest BCUT2D eigenvalue weighted by Gasteiger charge is 2.11. The van der Waals surface area contributed by atoms with Crippen LogP contribution >= 0.6 is 0 Å². The zero-order valence-electron chi connectivity index (χ0n) is 6.71. The van der Waals surface area contributed by atoms with Crippen molar-refractivity contribution in [3.05, 3.63) is 41.2 Å². The minimum atomic E-state index is -3.38. The lowest BCUT2D eigenvalue weighted by molar-refractivity contribution is 0.605. The van der Waals surface area contributed by atoms with Gasteiger partial charge in [-0.2, -0.15) is 0 Å². The van der Waals surface area contributed by atoms with Gasteiger partial charge in [0, 0.05) is 17.5 Å². The van der Waals surface area contributed by atoms with Gasteiger partial charge in [-0.15, -0.1) is 0 Å². The molecule has 13 heavy (non-hydrogen) atoms. The third-order valence-electron chi connectivity index (χ3n) is 1.50. The third-order valence-corrected chi connectivity index (χ3v) is 2.87. The molecule has 0 spiro atoms. The number of hydrogen-bond donors (Lipinski definition) is 0. The molecule has 0 aromatic heterocycles. The van der Waals surface area contributed by atoms with Crippen LogP contribution in [0, 0.1) is 5.39 Å². The lowest BCUT2D eigenvalue weighted by Gasteiger charge is -1.94. The molecule has 0 bridgehead atoms. The molecule has 1 aromatic rings. The molecule has 0 unspecified atom stereocenters.